The summed E-state index contributed by atoms with van der Waals surface area (Å²) in [7, 11) is 0. The molecule has 0 saturated carbocycles. The molecule has 4 N–H and O–H groups in total. The molecule has 3 aliphatic heterocycles. The molecule has 1 aromatic carbocycles. The smallest absolute Gasteiger partial charge is 0.243 e. The first-order chi connectivity index (χ1) is 13.7. The first kappa shape index (κ1) is 19.7. The van der Waals surface area contributed by atoms with E-state index in [0.717, 1.165) is 0 Å². The van der Waals surface area contributed by atoms with E-state index >= 15 is 0 Å². The van der Waals surface area contributed by atoms with Crippen molar-refractivity contribution in [1.29, 1.82) is 0 Å². The number of hydrogen-bond acceptors (Lipinski definition) is 7. The number of carbonyl (C=O) groups excluding carboxylic acids is 4. The average molecular weight is 452 g/mol. The molecule has 0 radical (unpaired) electrons. The van der Waals surface area contributed by atoms with E-state index < -0.39 is 34.5 Å². The number of halogens is 1. The predicted octanol–water partition coefficient (Wildman–Crippen LogP) is -0.415. The highest BCUT2D eigenvalue weighted by Crippen LogP contribution is 2.46. The van der Waals surface area contributed by atoms with Crippen LogP contribution in [0.3, 0.4) is 0 Å². The largest absolute Gasteiger partial charge is 0.367 e. The Hall–Kier alpha value is -2.63. The molecule has 0 bridgehead atoms. The van der Waals surface area contributed by atoms with E-state index in [0.29, 0.717) is 10.7 Å². The summed E-state index contributed by atoms with van der Waals surface area (Å²) in [4.78, 5) is 53.4. The second kappa shape index (κ2) is 6.71. The number of para-hydroxylation sites is 1. The molecule has 2 spiro atoms. The number of nitrogens with one attached hydrogen (secondary N) is 4. The van der Waals surface area contributed by atoms with Crippen LogP contribution in [0.25, 0.3) is 0 Å². The summed E-state index contributed by atoms with van der Waals surface area (Å²) in [6.45, 7) is -0.187. The molecule has 0 atom stereocenters. The lowest BCUT2D eigenvalue weighted by atomic mass is 9.64. The van der Waals surface area contributed by atoms with Crippen LogP contribution in [0, 0.1) is 10.8 Å². The number of hydrogen-bond donors (Lipinski definition) is 4. The van der Waals surface area contributed by atoms with Crippen molar-refractivity contribution < 1.29 is 19.2 Å². The molecule has 9 nitrogen and oxygen atoms in total. The van der Waals surface area contributed by atoms with Crippen LogP contribution >= 0.6 is 36.0 Å². The second-order valence-electron chi connectivity index (χ2n) is 7.12. The maximum absolute atomic E-state index is 12.9. The molecule has 3 fully saturated rings. The van der Waals surface area contributed by atoms with Gasteiger partial charge in [0, 0.05) is 13.1 Å². The highest BCUT2D eigenvalue weighted by Gasteiger charge is 2.64. The van der Waals surface area contributed by atoms with Gasteiger partial charge in [0.2, 0.25) is 23.6 Å². The third-order valence-electron chi connectivity index (χ3n) is 5.37. The highest BCUT2D eigenvalue weighted by molar-refractivity contribution is 7.80. The van der Waals surface area contributed by atoms with Gasteiger partial charge in [-0.3, -0.25) is 19.2 Å². The molecule has 0 aliphatic carbocycles. The standard InChI is InChI=1S/C17H14ClN5O4S2/c18-8-3-1-2-4-9(8)23-6-16(10(24)19-14(28)20-11(16)25)5-17(7-23)12(26)21-15(29)22-13(17)27/h1-4H,5-7H2,(H2,19,20,24,25,28)(H2,21,22,26,27,29). The number of amides is 4. The first-order valence-corrected chi connectivity index (χ1v) is 9.71. The molecular weight excluding hydrogens is 438 g/mol. The number of anilines is 1. The Morgan fingerprint density at radius 3 is 1.62 bits per heavy atom. The summed E-state index contributed by atoms with van der Waals surface area (Å²) in [5.41, 5.74) is -3.00. The van der Waals surface area contributed by atoms with Crippen molar-refractivity contribution >= 4 is 75.6 Å². The molecule has 29 heavy (non-hydrogen) atoms. The van der Waals surface area contributed by atoms with E-state index in [1.165, 1.54) is 0 Å². The van der Waals surface area contributed by atoms with Gasteiger partial charge in [-0.05, 0) is 43.0 Å². The monoisotopic (exact) mass is 451 g/mol. The summed E-state index contributed by atoms with van der Waals surface area (Å²) in [6.07, 6.45) is -0.346. The van der Waals surface area contributed by atoms with Gasteiger partial charge in [-0.25, -0.2) is 0 Å². The maximum Gasteiger partial charge on any atom is 0.243 e. The minimum absolute atomic E-state index is 0.0935. The molecule has 0 unspecified atom stereocenters. The van der Waals surface area contributed by atoms with Crippen LogP contribution in [0.15, 0.2) is 24.3 Å². The number of thiocarbonyl (C=S) groups is 2. The van der Waals surface area contributed by atoms with Gasteiger partial charge in [0.1, 0.15) is 10.8 Å². The van der Waals surface area contributed by atoms with Crippen molar-refractivity contribution in [2.45, 2.75) is 6.42 Å². The lowest BCUT2D eigenvalue weighted by Gasteiger charge is -2.51. The van der Waals surface area contributed by atoms with Crippen LogP contribution in [0.5, 0.6) is 0 Å². The third kappa shape index (κ3) is 2.96. The van der Waals surface area contributed by atoms with Gasteiger partial charge in [-0.15, -0.1) is 0 Å². The van der Waals surface area contributed by atoms with Crippen molar-refractivity contribution in [3.8, 4) is 0 Å². The SMILES string of the molecule is O=C1NC(=S)NC(=O)C12CN(c1ccccc1Cl)CC1(C2)C(=O)NC(=S)NC1=O. The molecule has 4 amide bonds. The molecule has 0 aromatic heterocycles. The van der Waals surface area contributed by atoms with Gasteiger partial charge in [-0.1, -0.05) is 23.7 Å². The van der Waals surface area contributed by atoms with Crippen molar-refractivity contribution in [3.63, 3.8) is 0 Å². The van der Waals surface area contributed by atoms with Crippen LogP contribution in [-0.2, 0) is 19.2 Å². The Kier molecular flexibility index (Phi) is 4.56. The fourth-order valence-electron chi connectivity index (χ4n) is 3.98. The molecule has 3 heterocycles. The summed E-state index contributed by atoms with van der Waals surface area (Å²) in [5, 5.41) is 9.80. The second-order valence-corrected chi connectivity index (χ2v) is 8.35. The first-order valence-electron chi connectivity index (χ1n) is 8.51. The molecule has 4 rings (SSSR count). The third-order valence-corrected chi connectivity index (χ3v) is 6.09. The molecule has 3 aliphatic rings. The lowest BCUT2D eigenvalue weighted by molar-refractivity contribution is -0.154. The van der Waals surface area contributed by atoms with Crippen molar-refractivity contribution in [2.24, 2.45) is 10.8 Å². The Bertz CT molecular complexity index is 917. The molecule has 1 aromatic rings. The van der Waals surface area contributed by atoms with E-state index in [1.807, 2.05) is 0 Å². The number of rotatable bonds is 1. The predicted molar refractivity (Wildman–Crippen MR) is 111 cm³/mol. The summed E-state index contributed by atoms with van der Waals surface area (Å²) < 4.78 is 0. The van der Waals surface area contributed by atoms with Crippen molar-refractivity contribution in [2.75, 3.05) is 18.0 Å². The number of carbonyl (C=O) groups is 4. The average Bonchev–Trinajstić information content (AvgIpc) is 2.65. The zero-order chi connectivity index (χ0) is 21.0. The van der Waals surface area contributed by atoms with Gasteiger partial charge >= 0.3 is 0 Å². The normalized spacial score (nSPS) is 22.9. The van der Waals surface area contributed by atoms with E-state index in [9.17, 15) is 19.2 Å². The van der Waals surface area contributed by atoms with Crippen LogP contribution in [0.2, 0.25) is 5.02 Å². The highest BCUT2D eigenvalue weighted by atomic mass is 35.5. The van der Waals surface area contributed by atoms with Crippen LogP contribution in [0.1, 0.15) is 6.42 Å². The zero-order valence-corrected chi connectivity index (χ0v) is 17.1. The minimum Gasteiger partial charge on any atom is -0.367 e. The Balaban J connectivity index is 1.87. The number of nitrogens with zero attached hydrogens (tertiary/aromatic N) is 1. The minimum atomic E-state index is -1.74. The Labute approximate surface area is 180 Å². The van der Waals surface area contributed by atoms with Crippen molar-refractivity contribution in [1.82, 2.24) is 21.3 Å². The van der Waals surface area contributed by atoms with E-state index in [-0.39, 0.29) is 29.7 Å². The summed E-state index contributed by atoms with van der Waals surface area (Å²) in [5.74, 6) is -2.74. The van der Waals surface area contributed by atoms with E-state index in [1.54, 1.807) is 29.2 Å². The van der Waals surface area contributed by atoms with E-state index in [2.05, 4.69) is 21.3 Å². The van der Waals surface area contributed by atoms with Gasteiger partial charge in [0.15, 0.2) is 10.2 Å². The van der Waals surface area contributed by atoms with Crippen LogP contribution in [0.4, 0.5) is 5.69 Å². The Morgan fingerprint density at radius 2 is 1.21 bits per heavy atom. The molecule has 150 valence electrons. The van der Waals surface area contributed by atoms with Gasteiger partial charge < -0.3 is 26.2 Å². The molecular formula is C17H14ClN5O4S2. The van der Waals surface area contributed by atoms with Crippen LogP contribution in [-0.4, -0.2) is 46.9 Å². The maximum atomic E-state index is 12.9. The summed E-state index contributed by atoms with van der Waals surface area (Å²) in [6, 6.07) is 6.76. The molecule has 3 saturated heterocycles. The fraction of sp³-hybridized carbons (Fsp3) is 0.294. The number of benzene rings is 1. The van der Waals surface area contributed by atoms with E-state index in [4.69, 9.17) is 36.0 Å². The lowest BCUT2D eigenvalue weighted by Crippen LogP contribution is -2.75. The molecule has 12 heteroatoms. The quantitative estimate of drug-likeness (QED) is 0.338. The topological polar surface area (TPSA) is 120 Å². The van der Waals surface area contributed by atoms with Gasteiger partial charge in [0.25, 0.3) is 0 Å². The number of piperidine rings is 1. The van der Waals surface area contributed by atoms with Gasteiger partial charge in [0.05, 0.1) is 10.7 Å². The summed E-state index contributed by atoms with van der Waals surface area (Å²) >= 11 is 16.1. The van der Waals surface area contributed by atoms with Gasteiger partial charge in [-0.2, -0.15) is 0 Å². The van der Waals surface area contributed by atoms with Crippen LogP contribution < -0.4 is 26.2 Å². The fourth-order valence-corrected chi connectivity index (χ4v) is 4.61. The zero-order valence-electron chi connectivity index (χ0n) is 14.7. The van der Waals surface area contributed by atoms with Crippen molar-refractivity contribution in [3.05, 3.63) is 29.3 Å². The Morgan fingerprint density at radius 1 is 0.793 bits per heavy atom.